The highest BCUT2D eigenvalue weighted by Crippen LogP contribution is 2.12. The Bertz CT molecular complexity index is 199. The van der Waals surface area contributed by atoms with Gasteiger partial charge in [0.25, 0.3) is 0 Å². The molecule has 0 spiro atoms. The van der Waals surface area contributed by atoms with E-state index in [1.165, 1.54) is 0 Å². The first-order chi connectivity index (χ1) is 5.59. The molecule has 1 aliphatic heterocycles. The predicted octanol–water partition coefficient (Wildman–Crippen LogP) is 0.880. The summed E-state index contributed by atoms with van der Waals surface area (Å²) in [6.45, 7) is 4.10. The summed E-state index contributed by atoms with van der Waals surface area (Å²) in [6, 6.07) is -0.216. The summed E-state index contributed by atoms with van der Waals surface area (Å²) in [7, 11) is 0. The zero-order valence-electron chi connectivity index (χ0n) is 7.59. The van der Waals surface area contributed by atoms with Gasteiger partial charge < -0.3 is 5.32 Å². The lowest BCUT2D eigenvalue weighted by molar-refractivity contribution is -0.133. The Morgan fingerprint density at radius 2 is 2.08 bits per heavy atom. The maximum atomic E-state index is 11.3. The molecule has 3 nitrogen and oxygen atoms in total. The van der Waals surface area contributed by atoms with Gasteiger partial charge in [0.15, 0.2) is 5.78 Å². The molecule has 1 atom stereocenters. The first-order valence-corrected chi connectivity index (χ1v) is 4.41. The number of hydrogen-bond donors (Lipinski definition) is 1. The highest BCUT2D eigenvalue weighted by molar-refractivity contribution is 5.95. The van der Waals surface area contributed by atoms with Crippen molar-refractivity contribution in [3.05, 3.63) is 0 Å². The van der Waals surface area contributed by atoms with Crippen LogP contribution in [0.2, 0.25) is 0 Å². The third-order valence-corrected chi connectivity index (χ3v) is 2.03. The largest absolute Gasteiger partial charge is 0.346 e. The summed E-state index contributed by atoms with van der Waals surface area (Å²) in [6.07, 6.45) is 1.56. The Labute approximate surface area is 72.5 Å². The summed E-state index contributed by atoms with van der Waals surface area (Å²) < 4.78 is 0. The van der Waals surface area contributed by atoms with Crippen LogP contribution >= 0.6 is 0 Å². The number of carbonyl (C=O) groups is 2. The molecule has 1 fully saturated rings. The van der Waals surface area contributed by atoms with Gasteiger partial charge in [0.1, 0.15) is 0 Å². The highest BCUT2D eigenvalue weighted by atomic mass is 16.2. The molecule has 0 aromatic carbocycles. The molecule has 1 N–H and O–H groups in total. The Hall–Kier alpha value is -0.860. The second-order valence-electron chi connectivity index (χ2n) is 3.72. The minimum absolute atomic E-state index is 0.0141. The molecule has 0 saturated carbocycles. The highest BCUT2D eigenvalue weighted by Gasteiger charge is 2.26. The lowest BCUT2D eigenvalue weighted by Gasteiger charge is -2.23. The third kappa shape index (κ3) is 2.32. The van der Waals surface area contributed by atoms with Crippen LogP contribution in [0.5, 0.6) is 0 Å². The summed E-state index contributed by atoms with van der Waals surface area (Å²) in [4.78, 5) is 22.2. The number of rotatable bonds is 2. The van der Waals surface area contributed by atoms with E-state index >= 15 is 0 Å². The van der Waals surface area contributed by atoms with Gasteiger partial charge in [-0.15, -0.1) is 0 Å². The van der Waals surface area contributed by atoms with Crippen molar-refractivity contribution in [1.82, 2.24) is 5.32 Å². The number of amides is 1. The van der Waals surface area contributed by atoms with E-state index in [1.54, 1.807) is 0 Å². The molecule has 0 bridgehead atoms. The van der Waals surface area contributed by atoms with Crippen molar-refractivity contribution < 1.29 is 9.59 Å². The first-order valence-electron chi connectivity index (χ1n) is 4.41. The van der Waals surface area contributed by atoms with Crippen LogP contribution in [0.25, 0.3) is 0 Å². The molecule has 0 unspecified atom stereocenters. The van der Waals surface area contributed by atoms with Crippen molar-refractivity contribution in [2.45, 2.75) is 39.2 Å². The average molecular weight is 169 g/mol. The lowest BCUT2D eigenvalue weighted by Crippen LogP contribution is -2.45. The molecule has 0 radical (unpaired) electrons. The van der Waals surface area contributed by atoms with Gasteiger partial charge in [0.2, 0.25) is 5.91 Å². The van der Waals surface area contributed by atoms with E-state index in [0.29, 0.717) is 18.8 Å². The normalized spacial score (nSPS) is 24.4. The molecule has 0 aromatic heterocycles. The van der Waals surface area contributed by atoms with Gasteiger partial charge in [0, 0.05) is 12.8 Å². The maximum Gasteiger partial charge on any atom is 0.221 e. The molecule has 12 heavy (non-hydrogen) atoms. The summed E-state index contributed by atoms with van der Waals surface area (Å²) in [5, 5.41) is 2.71. The zero-order chi connectivity index (χ0) is 9.14. The number of piperidine rings is 1. The molecule has 68 valence electrons. The summed E-state index contributed by atoms with van der Waals surface area (Å²) >= 11 is 0. The monoisotopic (exact) mass is 169 g/mol. The number of ketones is 1. The molecule has 1 amide bonds. The molecular weight excluding hydrogens is 154 g/mol. The van der Waals surface area contributed by atoms with Crippen molar-refractivity contribution in [3.8, 4) is 0 Å². The van der Waals surface area contributed by atoms with Crippen molar-refractivity contribution in [2.24, 2.45) is 5.92 Å². The number of hydrogen-bond acceptors (Lipinski definition) is 2. The van der Waals surface area contributed by atoms with Gasteiger partial charge in [-0.05, 0) is 12.3 Å². The van der Waals surface area contributed by atoms with Crippen molar-refractivity contribution in [3.63, 3.8) is 0 Å². The average Bonchev–Trinajstić information content (AvgIpc) is 1.96. The fourth-order valence-electron chi connectivity index (χ4n) is 1.42. The second-order valence-corrected chi connectivity index (χ2v) is 3.72. The van der Waals surface area contributed by atoms with E-state index in [0.717, 1.165) is 6.42 Å². The summed E-state index contributed by atoms with van der Waals surface area (Å²) in [5.74, 6) is 0.654. The molecule has 3 heteroatoms. The van der Waals surface area contributed by atoms with E-state index < -0.39 is 0 Å². The van der Waals surface area contributed by atoms with E-state index in [9.17, 15) is 9.59 Å². The van der Waals surface area contributed by atoms with Crippen LogP contribution in [0, 0.1) is 5.92 Å². The van der Waals surface area contributed by atoms with Gasteiger partial charge in [-0.3, -0.25) is 9.59 Å². The van der Waals surface area contributed by atoms with Crippen molar-refractivity contribution in [1.29, 1.82) is 0 Å². The van der Waals surface area contributed by atoms with Crippen molar-refractivity contribution in [2.75, 3.05) is 0 Å². The molecular formula is C9H15NO2. The van der Waals surface area contributed by atoms with Crippen LogP contribution in [0.1, 0.15) is 33.1 Å². The Kier molecular flexibility index (Phi) is 2.84. The summed E-state index contributed by atoms with van der Waals surface area (Å²) in [5.41, 5.74) is 0. The molecule has 1 heterocycles. The quantitative estimate of drug-likeness (QED) is 0.667. The topological polar surface area (TPSA) is 46.2 Å². The van der Waals surface area contributed by atoms with E-state index in [2.05, 4.69) is 5.32 Å². The number of Topliss-reactive ketones (excluding diaryl/α,β-unsaturated/α-hetero) is 1. The molecule has 1 saturated heterocycles. The fraction of sp³-hybridized carbons (Fsp3) is 0.778. The number of carbonyl (C=O) groups excluding carboxylic acids is 2. The van der Waals surface area contributed by atoms with Crippen molar-refractivity contribution >= 4 is 11.7 Å². The Morgan fingerprint density at radius 1 is 1.42 bits per heavy atom. The van der Waals surface area contributed by atoms with Crippen LogP contribution in [-0.2, 0) is 9.59 Å². The minimum atomic E-state index is -0.216. The van der Waals surface area contributed by atoms with Crippen LogP contribution in [-0.4, -0.2) is 17.7 Å². The van der Waals surface area contributed by atoms with Crippen LogP contribution < -0.4 is 5.32 Å². The minimum Gasteiger partial charge on any atom is -0.346 e. The van der Waals surface area contributed by atoms with Gasteiger partial charge in [0.05, 0.1) is 6.04 Å². The third-order valence-electron chi connectivity index (χ3n) is 2.03. The smallest absolute Gasteiger partial charge is 0.221 e. The number of nitrogens with one attached hydrogen (secondary N) is 1. The molecule has 1 rings (SSSR count). The molecule has 0 aliphatic carbocycles. The van der Waals surface area contributed by atoms with Crippen LogP contribution in [0.4, 0.5) is 0 Å². The van der Waals surface area contributed by atoms with Gasteiger partial charge in [-0.25, -0.2) is 0 Å². The predicted molar refractivity (Wildman–Crippen MR) is 45.6 cm³/mol. The van der Waals surface area contributed by atoms with E-state index in [4.69, 9.17) is 0 Å². The van der Waals surface area contributed by atoms with Gasteiger partial charge in [-0.2, -0.15) is 0 Å². The van der Waals surface area contributed by atoms with Gasteiger partial charge >= 0.3 is 0 Å². The Balaban J connectivity index is 2.49. The lowest BCUT2D eigenvalue weighted by atomic mass is 9.95. The maximum absolute atomic E-state index is 11.3. The van der Waals surface area contributed by atoms with Gasteiger partial charge in [-0.1, -0.05) is 13.8 Å². The fourth-order valence-corrected chi connectivity index (χ4v) is 1.42. The zero-order valence-corrected chi connectivity index (χ0v) is 7.59. The van der Waals surface area contributed by atoms with E-state index in [-0.39, 0.29) is 17.7 Å². The SMILES string of the molecule is CC(C)C[C@H]1NC(=O)CCC1=O. The second kappa shape index (κ2) is 3.70. The van der Waals surface area contributed by atoms with Crippen LogP contribution in [0.15, 0.2) is 0 Å². The molecule has 0 aromatic rings. The Morgan fingerprint density at radius 3 is 2.67 bits per heavy atom. The van der Waals surface area contributed by atoms with Crippen LogP contribution in [0.3, 0.4) is 0 Å². The standard InChI is InChI=1S/C9H15NO2/c1-6(2)5-7-8(11)3-4-9(12)10-7/h6-7H,3-5H2,1-2H3,(H,10,12)/t7-/m1/s1. The first kappa shape index (κ1) is 9.23. The van der Waals surface area contributed by atoms with E-state index in [1.807, 2.05) is 13.8 Å². The molecule has 1 aliphatic rings.